The molecule has 0 aromatic heterocycles. The van der Waals surface area contributed by atoms with Gasteiger partial charge in [0.1, 0.15) is 0 Å². The smallest absolute Gasteiger partial charge is 0.221 e. The summed E-state index contributed by atoms with van der Waals surface area (Å²) >= 11 is 0. The van der Waals surface area contributed by atoms with Crippen LogP contribution in [-0.2, 0) is 14.3 Å². The van der Waals surface area contributed by atoms with E-state index in [-0.39, 0.29) is 16.9 Å². The predicted octanol–water partition coefficient (Wildman–Crippen LogP) is 0.0721. The molecule has 1 N–H and O–H groups in total. The number of carbonyl (C=O) groups excluding carboxylic acids is 1. The van der Waals surface area contributed by atoms with Crippen molar-refractivity contribution in [2.24, 2.45) is 5.41 Å². The Hall–Kier alpha value is -0.610. The lowest BCUT2D eigenvalue weighted by Gasteiger charge is -2.51. The van der Waals surface area contributed by atoms with Crippen LogP contribution >= 0.6 is 0 Å². The van der Waals surface area contributed by atoms with Gasteiger partial charge in [0.25, 0.3) is 0 Å². The minimum absolute atomic E-state index is 0.0133. The lowest BCUT2D eigenvalue weighted by Crippen LogP contribution is -2.63. The maximum atomic E-state index is 11.5. The average Bonchev–Trinajstić information content (AvgIpc) is 2.39. The Morgan fingerprint density at radius 3 is 2.43 bits per heavy atom. The summed E-state index contributed by atoms with van der Waals surface area (Å²) in [6, 6.07) is 0. The molecule has 3 heterocycles. The highest BCUT2D eigenvalue weighted by Gasteiger charge is 2.62. The van der Waals surface area contributed by atoms with Crippen molar-refractivity contribution < 1.29 is 14.3 Å². The largest absolute Gasteiger partial charge is 0.381 e. The van der Waals surface area contributed by atoms with Crippen LogP contribution in [0.15, 0.2) is 0 Å². The van der Waals surface area contributed by atoms with Gasteiger partial charge in [0, 0.05) is 25.0 Å². The van der Waals surface area contributed by atoms with Gasteiger partial charge in [-0.15, -0.1) is 0 Å². The van der Waals surface area contributed by atoms with Crippen LogP contribution in [0.5, 0.6) is 0 Å². The zero-order valence-electron chi connectivity index (χ0n) is 8.17. The first kappa shape index (κ1) is 8.68. The van der Waals surface area contributed by atoms with Crippen LogP contribution in [0.4, 0.5) is 0 Å². The van der Waals surface area contributed by atoms with Gasteiger partial charge in [-0.05, 0) is 12.8 Å². The van der Waals surface area contributed by atoms with Gasteiger partial charge >= 0.3 is 0 Å². The minimum atomic E-state index is -0.0133. The van der Waals surface area contributed by atoms with Crippen molar-refractivity contribution in [1.82, 2.24) is 5.32 Å². The van der Waals surface area contributed by atoms with E-state index < -0.39 is 0 Å². The molecule has 0 aromatic carbocycles. The molecule has 3 aliphatic heterocycles. The van der Waals surface area contributed by atoms with Crippen LogP contribution < -0.4 is 5.32 Å². The Bertz CT molecular complexity index is 267. The van der Waals surface area contributed by atoms with Gasteiger partial charge in [-0.3, -0.25) is 4.79 Å². The van der Waals surface area contributed by atoms with Crippen LogP contribution in [0, 0.1) is 5.41 Å². The van der Waals surface area contributed by atoms with Gasteiger partial charge in [0.2, 0.25) is 5.91 Å². The number of amides is 1. The van der Waals surface area contributed by atoms with Gasteiger partial charge < -0.3 is 14.8 Å². The number of rotatable bonds is 0. The van der Waals surface area contributed by atoms with Crippen LogP contribution in [0.25, 0.3) is 0 Å². The topological polar surface area (TPSA) is 47.6 Å². The number of hydrogen-bond acceptors (Lipinski definition) is 3. The minimum Gasteiger partial charge on any atom is -0.381 e. The molecular formula is C10H15NO3. The Balaban J connectivity index is 1.91. The van der Waals surface area contributed by atoms with Crippen molar-refractivity contribution in [2.75, 3.05) is 26.4 Å². The molecule has 0 bridgehead atoms. The lowest BCUT2D eigenvalue weighted by molar-refractivity contribution is -0.164. The summed E-state index contributed by atoms with van der Waals surface area (Å²) in [5.74, 6) is 0.190. The van der Waals surface area contributed by atoms with Gasteiger partial charge in [-0.25, -0.2) is 0 Å². The molecule has 0 aliphatic carbocycles. The van der Waals surface area contributed by atoms with E-state index in [9.17, 15) is 4.79 Å². The van der Waals surface area contributed by atoms with E-state index in [4.69, 9.17) is 9.47 Å². The van der Waals surface area contributed by atoms with E-state index >= 15 is 0 Å². The van der Waals surface area contributed by atoms with E-state index in [1.54, 1.807) is 0 Å². The summed E-state index contributed by atoms with van der Waals surface area (Å²) in [7, 11) is 0. The predicted molar refractivity (Wildman–Crippen MR) is 48.8 cm³/mol. The van der Waals surface area contributed by atoms with Crippen molar-refractivity contribution in [3.05, 3.63) is 0 Å². The monoisotopic (exact) mass is 197 g/mol. The summed E-state index contributed by atoms with van der Waals surface area (Å²) < 4.78 is 10.7. The third kappa shape index (κ3) is 0.929. The number of ether oxygens (including phenoxy) is 2. The van der Waals surface area contributed by atoms with E-state index in [0.29, 0.717) is 6.42 Å². The molecule has 0 atom stereocenters. The molecule has 3 aliphatic rings. The van der Waals surface area contributed by atoms with Crippen LogP contribution in [0.2, 0.25) is 0 Å². The highest BCUT2D eigenvalue weighted by atomic mass is 16.5. The van der Waals surface area contributed by atoms with Gasteiger partial charge in [-0.1, -0.05) is 0 Å². The number of fused-ring (bicyclic) bond motifs is 1. The summed E-state index contributed by atoms with van der Waals surface area (Å²) in [5.41, 5.74) is 0.0778. The third-order valence-corrected chi connectivity index (χ3v) is 4.00. The first-order chi connectivity index (χ1) is 6.77. The fourth-order valence-electron chi connectivity index (χ4n) is 3.02. The molecule has 3 fully saturated rings. The zero-order chi connectivity index (χ0) is 9.65. The quantitative estimate of drug-likeness (QED) is 0.598. The van der Waals surface area contributed by atoms with Crippen molar-refractivity contribution in [3.63, 3.8) is 0 Å². The molecule has 1 amide bonds. The number of hydrogen-bond donors (Lipinski definition) is 1. The maximum absolute atomic E-state index is 11.5. The molecule has 0 unspecified atom stereocenters. The van der Waals surface area contributed by atoms with Crippen molar-refractivity contribution in [3.8, 4) is 0 Å². The molecule has 0 aromatic rings. The number of carbonyl (C=O) groups is 1. The lowest BCUT2D eigenvalue weighted by atomic mass is 9.65. The fourth-order valence-corrected chi connectivity index (χ4v) is 3.02. The molecule has 3 saturated heterocycles. The Labute approximate surface area is 82.9 Å². The summed E-state index contributed by atoms with van der Waals surface area (Å²) in [5, 5.41) is 3.16. The second-order valence-corrected chi connectivity index (χ2v) is 4.69. The SMILES string of the molecule is O=C1CC2(COC2)C2(CCOCC2)N1. The van der Waals surface area contributed by atoms with E-state index in [2.05, 4.69) is 5.32 Å². The Morgan fingerprint density at radius 2 is 1.86 bits per heavy atom. The highest BCUT2D eigenvalue weighted by molar-refractivity contribution is 5.81. The van der Waals surface area contributed by atoms with Crippen molar-refractivity contribution >= 4 is 5.91 Å². The molecule has 14 heavy (non-hydrogen) atoms. The van der Waals surface area contributed by atoms with E-state index in [1.807, 2.05) is 0 Å². The first-order valence-corrected chi connectivity index (χ1v) is 5.23. The highest BCUT2D eigenvalue weighted by Crippen LogP contribution is 2.50. The second-order valence-electron chi connectivity index (χ2n) is 4.69. The van der Waals surface area contributed by atoms with Crippen LogP contribution in [0.1, 0.15) is 19.3 Å². The molecule has 3 rings (SSSR count). The van der Waals surface area contributed by atoms with Gasteiger partial charge in [0.05, 0.1) is 18.8 Å². The Morgan fingerprint density at radius 1 is 1.14 bits per heavy atom. The summed E-state index contributed by atoms with van der Waals surface area (Å²) in [6.07, 6.45) is 2.54. The molecule has 0 radical (unpaired) electrons. The average molecular weight is 197 g/mol. The molecular weight excluding hydrogens is 182 g/mol. The molecule has 0 saturated carbocycles. The molecule has 78 valence electrons. The zero-order valence-corrected chi connectivity index (χ0v) is 8.17. The first-order valence-electron chi connectivity index (χ1n) is 5.23. The van der Waals surface area contributed by atoms with Crippen molar-refractivity contribution in [2.45, 2.75) is 24.8 Å². The van der Waals surface area contributed by atoms with Crippen LogP contribution in [0.3, 0.4) is 0 Å². The van der Waals surface area contributed by atoms with Gasteiger partial charge in [0.15, 0.2) is 0 Å². The normalized spacial score (nSPS) is 33.0. The summed E-state index contributed by atoms with van der Waals surface area (Å²) in [6.45, 7) is 3.02. The number of nitrogens with one attached hydrogen (secondary N) is 1. The van der Waals surface area contributed by atoms with Gasteiger partial charge in [-0.2, -0.15) is 0 Å². The summed E-state index contributed by atoms with van der Waals surface area (Å²) in [4.78, 5) is 11.5. The second kappa shape index (κ2) is 2.70. The van der Waals surface area contributed by atoms with Crippen LogP contribution in [-0.4, -0.2) is 37.9 Å². The third-order valence-electron chi connectivity index (χ3n) is 4.00. The molecule has 2 spiro atoms. The fraction of sp³-hybridized carbons (Fsp3) is 0.900. The van der Waals surface area contributed by atoms with E-state index in [1.165, 1.54) is 0 Å². The molecule has 4 heteroatoms. The van der Waals surface area contributed by atoms with Crippen molar-refractivity contribution in [1.29, 1.82) is 0 Å². The molecule has 4 nitrogen and oxygen atoms in total. The maximum Gasteiger partial charge on any atom is 0.221 e. The van der Waals surface area contributed by atoms with E-state index in [0.717, 1.165) is 39.3 Å². The standard InChI is InChI=1S/C10H15NO3/c12-8-5-9(6-14-7-9)10(11-8)1-3-13-4-2-10/h1-7H2,(H,11,12). The Kier molecular flexibility index (Phi) is 1.67.